The molecule has 0 aliphatic rings. The fourth-order valence-electron chi connectivity index (χ4n) is 1.89. The topological polar surface area (TPSA) is 29.5 Å². The zero-order chi connectivity index (χ0) is 13.2. The third kappa shape index (κ3) is 2.83. The standard InChI is InChI=1S/C15H11ClO2S/c16-15-6-5-14(19-15)9-18-13-4-2-10-1-3-12(17)7-11(10)8-13/h1-8,17H,9H2. The number of rotatable bonds is 3. The van der Waals surface area contributed by atoms with Crippen molar-refractivity contribution in [2.75, 3.05) is 0 Å². The van der Waals surface area contributed by atoms with Gasteiger partial charge in [0.1, 0.15) is 18.1 Å². The minimum atomic E-state index is 0.259. The zero-order valence-electron chi connectivity index (χ0n) is 9.97. The summed E-state index contributed by atoms with van der Waals surface area (Å²) in [6.07, 6.45) is 0. The molecule has 2 aromatic carbocycles. The highest BCUT2D eigenvalue weighted by Crippen LogP contribution is 2.26. The molecule has 0 saturated carbocycles. The van der Waals surface area contributed by atoms with Gasteiger partial charge in [0, 0.05) is 4.88 Å². The van der Waals surface area contributed by atoms with E-state index in [0.717, 1.165) is 25.7 Å². The molecule has 0 aliphatic carbocycles. The van der Waals surface area contributed by atoms with E-state index in [1.807, 2.05) is 36.4 Å². The molecule has 1 heterocycles. The van der Waals surface area contributed by atoms with Crippen molar-refractivity contribution in [2.45, 2.75) is 6.61 Å². The Labute approximate surface area is 119 Å². The van der Waals surface area contributed by atoms with Gasteiger partial charge in [-0.15, -0.1) is 11.3 Å². The average molecular weight is 291 g/mol. The van der Waals surface area contributed by atoms with Crippen LogP contribution in [-0.2, 0) is 6.61 Å². The predicted octanol–water partition coefficient (Wildman–Crippen LogP) is 4.84. The molecule has 0 unspecified atom stereocenters. The molecule has 0 aliphatic heterocycles. The first-order valence-electron chi connectivity index (χ1n) is 5.80. The molecule has 3 aromatic rings. The fraction of sp³-hybridized carbons (Fsp3) is 0.0667. The summed E-state index contributed by atoms with van der Waals surface area (Å²) in [5.74, 6) is 1.04. The Balaban J connectivity index is 1.81. The van der Waals surface area contributed by atoms with Crippen molar-refractivity contribution in [2.24, 2.45) is 0 Å². The monoisotopic (exact) mass is 290 g/mol. The van der Waals surface area contributed by atoms with Crippen LogP contribution in [0, 0.1) is 0 Å². The summed E-state index contributed by atoms with van der Waals surface area (Å²) in [5.41, 5.74) is 0. The molecule has 96 valence electrons. The van der Waals surface area contributed by atoms with Crippen LogP contribution < -0.4 is 4.74 Å². The van der Waals surface area contributed by atoms with Gasteiger partial charge in [0.2, 0.25) is 0 Å². The first-order chi connectivity index (χ1) is 9.20. The Hall–Kier alpha value is -1.71. The van der Waals surface area contributed by atoms with Crippen LogP contribution in [0.4, 0.5) is 0 Å². The molecule has 4 heteroatoms. The van der Waals surface area contributed by atoms with Gasteiger partial charge in [-0.05, 0) is 47.2 Å². The predicted molar refractivity (Wildman–Crippen MR) is 79.3 cm³/mol. The summed E-state index contributed by atoms with van der Waals surface area (Å²) in [6.45, 7) is 0.502. The molecule has 2 nitrogen and oxygen atoms in total. The van der Waals surface area contributed by atoms with Gasteiger partial charge in [-0.25, -0.2) is 0 Å². The number of phenolic OH excluding ortho intramolecular Hbond substituents is 1. The van der Waals surface area contributed by atoms with E-state index in [1.54, 1.807) is 12.1 Å². The van der Waals surface area contributed by atoms with Gasteiger partial charge in [0.15, 0.2) is 0 Å². The smallest absolute Gasteiger partial charge is 0.122 e. The molecule has 19 heavy (non-hydrogen) atoms. The maximum absolute atomic E-state index is 9.48. The average Bonchev–Trinajstić information content (AvgIpc) is 2.81. The molecule has 0 amide bonds. The highest BCUT2D eigenvalue weighted by Gasteiger charge is 2.01. The van der Waals surface area contributed by atoms with Crippen LogP contribution in [0.2, 0.25) is 4.34 Å². The number of hydrogen-bond acceptors (Lipinski definition) is 3. The molecule has 0 bridgehead atoms. The molecule has 1 N–H and O–H groups in total. The van der Waals surface area contributed by atoms with Crippen LogP contribution in [0.1, 0.15) is 4.88 Å². The van der Waals surface area contributed by atoms with E-state index in [2.05, 4.69) is 0 Å². The number of benzene rings is 2. The van der Waals surface area contributed by atoms with Gasteiger partial charge in [-0.3, -0.25) is 0 Å². The third-order valence-corrected chi connectivity index (χ3v) is 4.01. The lowest BCUT2D eigenvalue weighted by Crippen LogP contribution is -1.92. The van der Waals surface area contributed by atoms with Crippen molar-refractivity contribution in [1.82, 2.24) is 0 Å². The number of fused-ring (bicyclic) bond motifs is 1. The molecular formula is C15H11ClO2S. The second kappa shape index (κ2) is 5.11. The molecule has 0 spiro atoms. The SMILES string of the molecule is Oc1ccc2ccc(OCc3ccc(Cl)s3)cc2c1. The second-order valence-corrected chi connectivity index (χ2v) is 5.99. The number of hydrogen-bond donors (Lipinski definition) is 1. The highest BCUT2D eigenvalue weighted by atomic mass is 35.5. The largest absolute Gasteiger partial charge is 0.508 e. The second-order valence-electron chi connectivity index (χ2n) is 4.19. The number of thiophene rings is 1. The lowest BCUT2D eigenvalue weighted by Gasteiger charge is -2.06. The van der Waals surface area contributed by atoms with Crippen LogP contribution in [0.25, 0.3) is 10.8 Å². The van der Waals surface area contributed by atoms with E-state index in [1.165, 1.54) is 11.3 Å². The van der Waals surface area contributed by atoms with Crippen molar-refractivity contribution in [3.8, 4) is 11.5 Å². The fourth-order valence-corrected chi connectivity index (χ4v) is 2.89. The van der Waals surface area contributed by atoms with Gasteiger partial charge in [-0.1, -0.05) is 23.7 Å². The first-order valence-corrected chi connectivity index (χ1v) is 7.00. The highest BCUT2D eigenvalue weighted by molar-refractivity contribution is 7.16. The van der Waals surface area contributed by atoms with E-state index in [0.29, 0.717) is 6.61 Å². The van der Waals surface area contributed by atoms with Crippen LogP contribution >= 0.6 is 22.9 Å². The maximum atomic E-state index is 9.48. The van der Waals surface area contributed by atoms with Crippen LogP contribution in [0.5, 0.6) is 11.5 Å². The summed E-state index contributed by atoms with van der Waals surface area (Å²) in [7, 11) is 0. The van der Waals surface area contributed by atoms with Gasteiger partial charge in [0.05, 0.1) is 4.34 Å². The summed E-state index contributed by atoms with van der Waals surface area (Å²) in [5, 5.41) is 11.5. The number of phenols is 1. The van der Waals surface area contributed by atoms with Crippen molar-refractivity contribution in [3.05, 3.63) is 57.7 Å². The van der Waals surface area contributed by atoms with Crippen molar-refractivity contribution in [3.63, 3.8) is 0 Å². The summed E-state index contributed by atoms with van der Waals surface area (Å²) in [4.78, 5) is 1.08. The number of ether oxygens (including phenoxy) is 1. The van der Waals surface area contributed by atoms with Gasteiger partial charge >= 0.3 is 0 Å². The summed E-state index contributed by atoms with van der Waals surface area (Å²) < 4.78 is 6.49. The van der Waals surface area contributed by atoms with Crippen LogP contribution in [0.15, 0.2) is 48.5 Å². The Morgan fingerprint density at radius 2 is 1.84 bits per heavy atom. The van der Waals surface area contributed by atoms with E-state index < -0.39 is 0 Å². The minimum Gasteiger partial charge on any atom is -0.508 e. The summed E-state index contributed by atoms with van der Waals surface area (Å²) in [6, 6.07) is 14.9. The Kier molecular flexibility index (Phi) is 3.32. The summed E-state index contributed by atoms with van der Waals surface area (Å²) >= 11 is 7.39. The van der Waals surface area contributed by atoms with Crippen molar-refractivity contribution >= 4 is 33.7 Å². The molecule has 0 fully saturated rings. The molecule has 0 radical (unpaired) electrons. The zero-order valence-corrected chi connectivity index (χ0v) is 11.5. The van der Waals surface area contributed by atoms with E-state index in [4.69, 9.17) is 16.3 Å². The Morgan fingerprint density at radius 1 is 1.00 bits per heavy atom. The van der Waals surface area contributed by atoms with E-state index in [-0.39, 0.29) is 5.75 Å². The molecule has 0 atom stereocenters. The number of aromatic hydroxyl groups is 1. The molecular weight excluding hydrogens is 280 g/mol. The van der Waals surface area contributed by atoms with Gasteiger partial charge in [0.25, 0.3) is 0 Å². The normalized spacial score (nSPS) is 10.8. The van der Waals surface area contributed by atoms with Crippen LogP contribution in [-0.4, -0.2) is 5.11 Å². The third-order valence-electron chi connectivity index (χ3n) is 2.81. The van der Waals surface area contributed by atoms with Crippen molar-refractivity contribution in [1.29, 1.82) is 0 Å². The number of halogens is 1. The quantitative estimate of drug-likeness (QED) is 0.748. The van der Waals surface area contributed by atoms with Crippen molar-refractivity contribution < 1.29 is 9.84 Å². The Bertz CT molecular complexity index is 721. The molecule has 3 rings (SSSR count). The Morgan fingerprint density at radius 3 is 2.63 bits per heavy atom. The molecule has 0 saturated heterocycles. The lowest BCUT2D eigenvalue weighted by atomic mass is 10.1. The van der Waals surface area contributed by atoms with E-state index in [9.17, 15) is 5.11 Å². The van der Waals surface area contributed by atoms with Crippen LogP contribution in [0.3, 0.4) is 0 Å². The van der Waals surface area contributed by atoms with Gasteiger partial charge < -0.3 is 9.84 Å². The minimum absolute atomic E-state index is 0.259. The van der Waals surface area contributed by atoms with E-state index >= 15 is 0 Å². The lowest BCUT2D eigenvalue weighted by molar-refractivity contribution is 0.310. The first kappa shape index (κ1) is 12.3. The van der Waals surface area contributed by atoms with Gasteiger partial charge in [-0.2, -0.15) is 0 Å². The maximum Gasteiger partial charge on any atom is 0.122 e. The molecule has 1 aromatic heterocycles.